The van der Waals surface area contributed by atoms with Crippen LogP contribution in [-0.4, -0.2) is 161 Å². The number of halogens is 2. The van der Waals surface area contributed by atoms with E-state index in [9.17, 15) is 28.0 Å². The number of carbonyl (C=O) groups excluding carboxylic acids is 4. The van der Waals surface area contributed by atoms with Crippen LogP contribution in [0, 0.1) is 11.6 Å². The molecule has 0 heterocycles. The lowest BCUT2D eigenvalue weighted by molar-refractivity contribution is -0.145. The van der Waals surface area contributed by atoms with Gasteiger partial charge in [-0.1, -0.05) is 56.5 Å². The Hall–Kier alpha value is -6.90. The van der Waals surface area contributed by atoms with Crippen molar-refractivity contribution < 1.29 is 81.2 Å². The van der Waals surface area contributed by atoms with Crippen molar-refractivity contribution in [2.24, 2.45) is 0 Å². The Kier molecular flexibility index (Phi) is 35.4. The Bertz CT molecular complexity index is 2340. The highest BCUT2D eigenvalue weighted by molar-refractivity contribution is 5.81. The highest BCUT2D eigenvalue weighted by atomic mass is 19.1. The first-order valence-corrected chi connectivity index (χ1v) is 27.4. The lowest BCUT2D eigenvalue weighted by Gasteiger charge is -2.19. The summed E-state index contributed by atoms with van der Waals surface area (Å²) in [6.07, 6.45) is 11.3. The molecule has 19 heteroatoms. The van der Waals surface area contributed by atoms with E-state index in [1.54, 1.807) is 29.2 Å². The Balaban J connectivity index is 0.000000425. The van der Waals surface area contributed by atoms with Crippen LogP contribution in [0.15, 0.2) is 110 Å². The monoisotopic (exact) mass is 1120 g/mol. The number of ether oxygens (including phenoxy) is 8. The summed E-state index contributed by atoms with van der Waals surface area (Å²) in [5.41, 5.74) is 3.07. The summed E-state index contributed by atoms with van der Waals surface area (Å²) >= 11 is 0. The quantitative estimate of drug-likeness (QED) is 0.0164. The van der Waals surface area contributed by atoms with E-state index in [1.807, 2.05) is 24.3 Å². The van der Waals surface area contributed by atoms with Crippen LogP contribution in [0.5, 0.6) is 23.0 Å². The van der Waals surface area contributed by atoms with Crippen LogP contribution in [0.1, 0.15) is 77.6 Å². The number of esters is 4. The third-order valence-corrected chi connectivity index (χ3v) is 11.9. The van der Waals surface area contributed by atoms with Crippen LogP contribution in [0.25, 0.3) is 22.3 Å². The molecule has 4 aromatic carbocycles. The van der Waals surface area contributed by atoms with Gasteiger partial charge in [-0.15, -0.1) is 0 Å². The maximum atomic E-state index is 14.4. The summed E-state index contributed by atoms with van der Waals surface area (Å²) in [5, 5.41) is 27.0. The van der Waals surface area contributed by atoms with Gasteiger partial charge >= 0.3 is 23.9 Å². The number of benzene rings is 4. The fourth-order valence-electron chi connectivity index (χ4n) is 7.72. The van der Waals surface area contributed by atoms with Gasteiger partial charge in [0.25, 0.3) is 0 Å². The van der Waals surface area contributed by atoms with Crippen molar-refractivity contribution in [3.05, 3.63) is 122 Å². The number of carbonyl (C=O) groups is 4. The van der Waals surface area contributed by atoms with Crippen molar-refractivity contribution >= 4 is 23.9 Å². The highest BCUT2D eigenvalue weighted by Gasteiger charge is 2.15. The number of aliphatic hydroxyl groups is 3. The highest BCUT2D eigenvalue weighted by Crippen LogP contribution is 2.30. The predicted octanol–water partition coefficient (Wildman–Crippen LogP) is 8.94. The van der Waals surface area contributed by atoms with E-state index in [0.717, 1.165) is 105 Å². The van der Waals surface area contributed by atoms with E-state index in [4.69, 9.17) is 53.2 Å². The molecule has 0 unspecified atom stereocenters. The minimum Gasteiger partial charge on any atom is -0.494 e. The molecule has 0 amide bonds. The van der Waals surface area contributed by atoms with Gasteiger partial charge in [-0.05, 0) is 135 Å². The van der Waals surface area contributed by atoms with Gasteiger partial charge in [-0.2, -0.15) is 0 Å². The van der Waals surface area contributed by atoms with Gasteiger partial charge in [-0.3, -0.25) is 14.5 Å². The topological polar surface area (TPSA) is 209 Å². The molecule has 0 saturated carbocycles. The minimum absolute atomic E-state index is 0.0330. The third-order valence-electron chi connectivity index (χ3n) is 11.9. The van der Waals surface area contributed by atoms with Gasteiger partial charge in [0.15, 0.2) is 17.4 Å². The van der Waals surface area contributed by atoms with Crippen molar-refractivity contribution in [3.63, 3.8) is 0 Å². The summed E-state index contributed by atoms with van der Waals surface area (Å²) in [6, 6.07) is 25.0. The molecule has 0 radical (unpaired) electrons. The molecule has 0 atom stereocenters. The summed E-state index contributed by atoms with van der Waals surface area (Å²) in [7, 11) is 0. The molecule has 4 rings (SSSR count). The number of rotatable bonds is 42. The Morgan fingerprint density at radius 1 is 0.438 bits per heavy atom. The number of hydrogen-bond acceptors (Lipinski definition) is 17. The second-order valence-corrected chi connectivity index (χ2v) is 18.1. The molecule has 80 heavy (non-hydrogen) atoms. The van der Waals surface area contributed by atoms with Gasteiger partial charge in [0.1, 0.15) is 43.7 Å². The molecular formula is C61H82F2N2O15. The van der Waals surface area contributed by atoms with E-state index in [2.05, 4.69) is 49.2 Å². The molecular weight excluding hydrogens is 1040 g/mol. The summed E-state index contributed by atoms with van der Waals surface area (Å²) < 4.78 is 71.3. The van der Waals surface area contributed by atoms with Gasteiger partial charge in [0.05, 0.1) is 59.1 Å². The zero-order valence-electron chi connectivity index (χ0n) is 46.3. The average Bonchev–Trinajstić information content (AvgIpc) is 3.47. The third kappa shape index (κ3) is 29.4. The first kappa shape index (κ1) is 67.4. The molecule has 440 valence electrons. The van der Waals surface area contributed by atoms with E-state index >= 15 is 0 Å². The molecule has 0 bridgehead atoms. The molecule has 0 aromatic heterocycles. The number of aliphatic hydroxyl groups excluding tert-OH is 3. The van der Waals surface area contributed by atoms with E-state index in [-0.39, 0.29) is 70.2 Å². The summed E-state index contributed by atoms with van der Waals surface area (Å²) in [6.45, 7) is 13.8. The average molecular weight is 1120 g/mol. The van der Waals surface area contributed by atoms with Crippen LogP contribution >= 0.6 is 0 Å². The first-order valence-electron chi connectivity index (χ1n) is 27.4. The molecule has 3 N–H and O–H groups in total. The van der Waals surface area contributed by atoms with E-state index < -0.39 is 29.3 Å². The smallest absolute Gasteiger partial charge is 0.330 e. The van der Waals surface area contributed by atoms with Crippen LogP contribution in [0.4, 0.5) is 8.78 Å². The lowest BCUT2D eigenvalue weighted by atomic mass is 10.0. The van der Waals surface area contributed by atoms with Crippen molar-refractivity contribution in [1.29, 1.82) is 0 Å². The number of hydrogen-bond donors (Lipinski definition) is 3. The minimum atomic E-state index is -0.900. The zero-order chi connectivity index (χ0) is 58.0. The van der Waals surface area contributed by atoms with Gasteiger partial charge < -0.3 is 58.1 Å². The van der Waals surface area contributed by atoms with Crippen molar-refractivity contribution in [2.75, 3.05) is 112 Å². The molecule has 0 spiro atoms. The van der Waals surface area contributed by atoms with Crippen LogP contribution in [0.3, 0.4) is 0 Å². The number of nitrogens with zero attached hydrogens (tertiary/aromatic N) is 2. The Labute approximate surface area is 470 Å². The largest absolute Gasteiger partial charge is 0.494 e. The molecule has 0 fully saturated rings. The Morgan fingerprint density at radius 2 is 0.787 bits per heavy atom. The molecule has 17 nitrogen and oxygen atoms in total. The second-order valence-electron chi connectivity index (χ2n) is 18.1. The van der Waals surface area contributed by atoms with Crippen molar-refractivity contribution in [1.82, 2.24) is 9.80 Å². The second kappa shape index (κ2) is 42.1. The summed E-state index contributed by atoms with van der Waals surface area (Å²) in [4.78, 5) is 49.6. The van der Waals surface area contributed by atoms with E-state index in [1.165, 1.54) is 6.08 Å². The van der Waals surface area contributed by atoms with Crippen LogP contribution < -0.4 is 18.9 Å². The molecule has 0 aliphatic carbocycles. The maximum Gasteiger partial charge on any atom is 0.330 e. The van der Waals surface area contributed by atoms with Crippen LogP contribution in [0.2, 0.25) is 0 Å². The fraction of sp³-hybridized carbons (Fsp3) is 0.475. The van der Waals surface area contributed by atoms with Crippen molar-refractivity contribution in [2.45, 2.75) is 77.6 Å². The first-order chi connectivity index (χ1) is 38.9. The fourth-order valence-corrected chi connectivity index (χ4v) is 7.72. The van der Waals surface area contributed by atoms with Crippen LogP contribution in [-0.2, 0) is 38.1 Å². The predicted molar refractivity (Wildman–Crippen MR) is 300 cm³/mol. The van der Waals surface area contributed by atoms with Gasteiger partial charge in [-0.25, -0.2) is 18.4 Å². The number of unbranched alkanes of at least 4 members (excludes halogenated alkanes) is 6. The molecule has 0 saturated heterocycles. The molecule has 0 aliphatic heterocycles. The van der Waals surface area contributed by atoms with Gasteiger partial charge in [0, 0.05) is 44.9 Å². The van der Waals surface area contributed by atoms with Gasteiger partial charge in [0.2, 0.25) is 0 Å². The Morgan fingerprint density at radius 3 is 1.21 bits per heavy atom. The van der Waals surface area contributed by atoms with Crippen molar-refractivity contribution in [3.8, 4) is 45.3 Å². The normalized spacial score (nSPS) is 10.8. The lowest BCUT2D eigenvalue weighted by Crippen LogP contribution is -2.32. The maximum absolute atomic E-state index is 14.4. The standard InChI is InChI=1S/C35H51NO7.C26H31F2NO8/c1-3-22-36(24-25-37)23-21-35(39)43-29-12-8-6-10-27-41-33-19-15-31(16-20-33)30-13-17-32(18-14-30)40-26-9-5-7-11-28-42-34(38)4-2;1-2-24(32)35-15-16-37-26-22(27)17-20(18-23(26)28)19-3-5-21(6-4-19)34-13-14-36-25(33)7-8-29(9-11-30)10-12-31/h4,13-20,37H,2-3,5-12,21-29H2,1H3;2-6,17-18,30-31H,1,7-16H2. The van der Waals surface area contributed by atoms with E-state index in [0.29, 0.717) is 76.9 Å². The summed E-state index contributed by atoms with van der Waals surface area (Å²) in [5.74, 6) is -1.79. The molecule has 4 aromatic rings. The SMILES string of the molecule is C=CC(=O)OCCCCCCOc1ccc(-c2ccc(OCCCCCCOC(=O)CCN(CCC)CCO)cc2)cc1.C=CC(=O)OCCOc1c(F)cc(-c2ccc(OCCOC(=O)CCN(CCO)CCO)cc2)cc1F. The zero-order valence-corrected chi connectivity index (χ0v) is 46.3. The molecule has 0 aliphatic rings.